The summed E-state index contributed by atoms with van der Waals surface area (Å²) in [7, 11) is 0. The predicted molar refractivity (Wildman–Crippen MR) is 103 cm³/mol. The van der Waals surface area contributed by atoms with Crippen LogP contribution in [0, 0.1) is 4.77 Å². The van der Waals surface area contributed by atoms with Gasteiger partial charge in [0, 0.05) is 18.4 Å². The lowest BCUT2D eigenvalue weighted by Gasteiger charge is -2.13. The smallest absolute Gasteiger partial charge is 0.345 e. The average Bonchev–Trinajstić information content (AvgIpc) is 3.05. The third-order valence-electron chi connectivity index (χ3n) is 4.07. The first-order chi connectivity index (χ1) is 13.8. The van der Waals surface area contributed by atoms with Crippen LogP contribution in [-0.4, -0.2) is 25.7 Å². The monoisotopic (exact) mass is 422 g/mol. The van der Waals surface area contributed by atoms with Crippen LogP contribution in [-0.2, 0) is 19.3 Å². The molecule has 3 aromatic rings. The van der Waals surface area contributed by atoms with Gasteiger partial charge in [-0.05, 0) is 49.5 Å². The molecule has 2 aromatic heterocycles. The molecule has 0 radical (unpaired) electrons. The normalized spacial score (nSPS) is 11.3. The summed E-state index contributed by atoms with van der Waals surface area (Å²) in [5, 5.41) is 12.2. The van der Waals surface area contributed by atoms with Gasteiger partial charge in [0.25, 0.3) is 5.91 Å². The van der Waals surface area contributed by atoms with Crippen LogP contribution in [0.2, 0.25) is 0 Å². The molecule has 0 aliphatic rings. The van der Waals surface area contributed by atoms with Crippen LogP contribution in [0.4, 0.5) is 24.7 Å². The number of hydrogen-bond acceptors (Lipinski definition) is 5. The highest BCUT2D eigenvalue weighted by Gasteiger charge is 2.30. The van der Waals surface area contributed by atoms with E-state index in [1.807, 2.05) is 6.92 Å². The maximum Gasteiger partial charge on any atom is 0.416 e. The lowest BCUT2D eigenvalue weighted by atomic mass is 10.2. The number of nitrogens with zero attached hydrogens (tertiary/aromatic N) is 3. The molecule has 0 atom stereocenters. The first-order valence-electron chi connectivity index (χ1n) is 8.61. The molecule has 0 fully saturated rings. The summed E-state index contributed by atoms with van der Waals surface area (Å²) < 4.78 is 40.9. The molecule has 7 nitrogen and oxygen atoms in total. The quantitative estimate of drug-likeness (QED) is 0.522. The van der Waals surface area contributed by atoms with Gasteiger partial charge in [0.15, 0.2) is 10.6 Å². The van der Waals surface area contributed by atoms with Crippen molar-refractivity contribution in [3.63, 3.8) is 0 Å². The first kappa shape index (κ1) is 20.5. The molecule has 0 unspecified atom stereocenters. The van der Waals surface area contributed by atoms with Gasteiger partial charge in [0.05, 0.1) is 17.7 Å². The Morgan fingerprint density at radius 3 is 2.79 bits per heavy atom. The second-order valence-corrected chi connectivity index (χ2v) is 6.36. The van der Waals surface area contributed by atoms with E-state index in [0.717, 1.165) is 12.1 Å². The van der Waals surface area contributed by atoms with E-state index in [-0.39, 0.29) is 23.6 Å². The topological polar surface area (TPSA) is 87.6 Å². The summed E-state index contributed by atoms with van der Waals surface area (Å²) in [5.74, 6) is 0.241. The number of amides is 1. The van der Waals surface area contributed by atoms with Crippen molar-refractivity contribution in [2.24, 2.45) is 0 Å². The summed E-state index contributed by atoms with van der Waals surface area (Å²) in [6.45, 7) is 2.61. The third kappa shape index (κ3) is 4.80. The van der Waals surface area contributed by atoms with Crippen molar-refractivity contribution in [2.75, 3.05) is 5.32 Å². The lowest BCUT2D eigenvalue weighted by Crippen LogP contribution is -2.25. The highest BCUT2D eigenvalue weighted by Crippen LogP contribution is 2.31. The maximum atomic E-state index is 12.9. The zero-order valence-electron chi connectivity index (χ0n) is 15.2. The molecule has 3 N–H and O–H groups in total. The van der Waals surface area contributed by atoms with Gasteiger partial charge in [-0.2, -0.15) is 18.3 Å². The highest BCUT2D eigenvalue weighted by atomic mass is 32.1. The van der Waals surface area contributed by atoms with E-state index in [9.17, 15) is 18.0 Å². The molecule has 3 rings (SSSR count). The van der Waals surface area contributed by atoms with Crippen molar-refractivity contribution in [1.82, 2.24) is 25.1 Å². The van der Waals surface area contributed by atoms with E-state index in [2.05, 4.69) is 25.8 Å². The van der Waals surface area contributed by atoms with Crippen LogP contribution in [0.25, 0.3) is 0 Å². The molecule has 1 amide bonds. The van der Waals surface area contributed by atoms with Crippen LogP contribution in [0.15, 0.2) is 42.6 Å². The summed E-state index contributed by atoms with van der Waals surface area (Å²) in [6.07, 6.45) is -3.03. The molecule has 0 aliphatic heterocycles. The molecule has 0 bridgehead atoms. The second kappa shape index (κ2) is 8.43. The fourth-order valence-electron chi connectivity index (χ4n) is 2.66. The number of H-pyrrole nitrogens is 1. The number of hydrogen-bond donors (Lipinski definition) is 3. The van der Waals surface area contributed by atoms with Gasteiger partial charge >= 0.3 is 6.18 Å². The molecule has 0 saturated heterocycles. The molecule has 0 saturated carbocycles. The van der Waals surface area contributed by atoms with Gasteiger partial charge in [0.2, 0.25) is 0 Å². The Bertz CT molecular complexity index is 1080. The molecule has 1 aromatic carbocycles. The molecule has 0 spiro atoms. The first-order valence-corrected chi connectivity index (χ1v) is 9.02. The van der Waals surface area contributed by atoms with Crippen molar-refractivity contribution in [3.05, 3.63) is 64.3 Å². The fourth-order valence-corrected chi connectivity index (χ4v) is 2.94. The molecule has 29 heavy (non-hydrogen) atoms. The zero-order valence-corrected chi connectivity index (χ0v) is 16.1. The summed E-state index contributed by atoms with van der Waals surface area (Å²) in [5.41, 5.74) is -0.451. The number of halogens is 3. The lowest BCUT2D eigenvalue weighted by molar-refractivity contribution is -0.137. The Hall–Kier alpha value is -3.21. The largest absolute Gasteiger partial charge is 0.416 e. The molecule has 2 heterocycles. The van der Waals surface area contributed by atoms with E-state index in [0.29, 0.717) is 17.1 Å². The van der Waals surface area contributed by atoms with Crippen LogP contribution < -0.4 is 10.6 Å². The number of carbonyl (C=O) groups excluding carboxylic acids is 1. The number of benzene rings is 1. The summed E-state index contributed by atoms with van der Waals surface area (Å²) >= 11 is 5.11. The van der Waals surface area contributed by atoms with Crippen LogP contribution in [0.3, 0.4) is 0 Å². The minimum atomic E-state index is -4.47. The van der Waals surface area contributed by atoms with Gasteiger partial charge in [-0.3, -0.25) is 9.89 Å². The van der Waals surface area contributed by atoms with Crippen molar-refractivity contribution in [3.8, 4) is 0 Å². The van der Waals surface area contributed by atoms with Crippen molar-refractivity contribution < 1.29 is 18.0 Å². The number of aromatic nitrogens is 4. The molecular weight excluding hydrogens is 405 g/mol. The zero-order chi connectivity index (χ0) is 21.0. The Morgan fingerprint density at radius 2 is 2.07 bits per heavy atom. The molecule has 11 heteroatoms. The Balaban J connectivity index is 1.78. The Labute approximate surface area is 169 Å². The van der Waals surface area contributed by atoms with E-state index in [1.54, 1.807) is 10.6 Å². The minimum Gasteiger partial charge on any atom is -0.345 e. The Morgan fingerprint density at radius 1 is 1.28 bits per heavy atom. The van der Waals surface area contributed by atoms with Gasteiger partial charge in [-0.15, -0.1) is 0 Å². The van der Waals surface area contributed by atoms with E-state index < -0.39 is 17.6 Å². The van der Waals surface area contributed by atoms with Crippen molar-refractivity contribution in [1.29, 1.82) is 0 Å². The SMILES string of the molecule is CCn1c(CNC(=O)c2cccnc2Nc2cccc(C(F)(F)F)c2)n[nH]c1=S. The van der Waals surface area contributed by atoms with Gasteiger partial charge < -0.3 is 15.2 Å². The van der Waals surface area contributed by atoms with Gasteiger partial charge in [-0.25, -0.2) is 4.98 Å². The highest BCUT2D eigenvalue weighted by molar-refractivity contribution is 7.71. The van der Waals surface area contributed by atoms with E-state index >= 15 is 0 Å². The third-order valence-corrected chi connectivity index (χ3v) is 4.38. The maximum absolute atomic E-state index is 12.9. The number of rotatable bonds is 6. The molecular formula is C18H17F3N6OS. The number of aromatic amines is 1. The second-order valence-electron chi connectivity index (χ2n) is 5.98. The molecule has 152 valence electrons. The van der Waals surface area contributed by atoms with Crippen LogP contribution >= 0.6 is 12.2 Å². The van der Waals surface area contributed by atoms with Crippen molar-refractivity contribution >= 4 is 29.6 Å². The van der Waals surface area contributed by atoms with E-state index in [4.69, 9.17) is 12.2 Å². The van der Waals surface area contributed by atoms with E-state index in [1.165, 1.54) is 24.4 Å². The number of nitrogens with one attached hydrogen (secondary N) is 3. The Kier molecular flexibility index (Phi) is 5.97. The summed E-state index contributed by atoms with van der Waals surface area (Å²) in [4.78, 5) is 16.7. The van der Waals surface area contributed by atoms with Crippen LogP contribution in [0.1, 0.15) is 28.7 Å². The number of carbonyl (C=O) groups is 1. The number of alkyl halides is 3. The fraction of sp³-hybridized carbons (Fsp3) is 0.222. The van der Waals surface area contributed by atoms with Gasteiger partial charge in [-0.1, -0.05) is 6.07 Å². The predicted octanol–water partition coefficient (Wildman–Crippen LogP) is 4.05. The minimum absolute atomic E-state index is 0.123. The molecule has 0 aliphatic carbocycles. The standard InChI is InChI=1S/C18H17F3N6OS/c1-2-27-14(25-26-17(27)29)10-23-16(28)13-7-4-8-22-15(13)24-12-6-3-5-11(9-12)18(19,20)21/h3-9H,2,10H2,1H3,(H,22,24)(H,23,28)(H,26,29). The summed E-state index contributed by atoms with van der Waals surface area (Å²) in [6, 6.07) is 7.75. The van der Waals surface area contributed by atoms with Gasteiger partial charge in [0.1, 0.15) is 5.82 Å². The van der Waals surface area contributed by atoms with Crippen LogP contribution in [0.5, 0.6) is 0 Å². The number of anilines is 2. The van der Waals surface area contributed by atoms with Crippen molar-refractivity contribution in [2.45, 2.75) is 26.2 Å². The number of pyridine rings is 1. The average molecular weight is 422 g/mol.